The van der Waals surface area contributed by atoms with Gasteiger partial charge in [-0.2, -0.15) is 0 Å². The highest BCUT2D eigenvalue weighted by molar-refractivity contribution is 5.84. The maximum Gasteiger partial charge on any atom is 0.325 e. The van der Waals surface area contributed by atoms with E-state index in [1.807, 2.05) is 27.7 Å². The Morgan fingerprint density at radius 3 is 2.50 bits per heavy atom. The van der Waals surface area contributed by atoms with Crippen LogP contribution in [0.4, 0.5) is 0 Å². The number of rotatable bonds is 4. The monoisotopic (exact) mass is 285 g/mol. The minimum Gasteiger partial charge on any atom is -0.465 e. The second-order valence-corrected chi connectivity index (χ2v) is 6.30. The largest absolute Gasteiger partial charge is 0.465 e. The van der Waals surface area contributed by atoms with Crippen LogP contribution < -0.4 is 0 Å². The third kappa shape index (κ3) is 4.78. The Morgan fingerprint density at radius 2 is 2.00 bits per heavy atom. The van der Waals surface area contributed by atoms with Gasteiger partial charge >= 0.3 is 5.97 Å². The van der Waals surface area contributed by atoms with Crippen LogP contribution in [0.25, 0.3) is 0 Å². The molecule has 0 aliphatic carbocycles. The fraction of sp³-hybridized carbons (Fsp3) is 0.867. The van der Waals surface area contributed by atoms with Gasteiger partial charge in [-0.05, 0) is 47.5 Å². The molecule has 5 nitrogen and oxygen atoms in total. The number of nitrogens with zero attached hydrogens (tertiary/aromatic N) is 1. The molecule has 1 aliphatic rings. The number of carbonyl (C=O) groups excluding carboxylic acids is 2. The molecule has 20 heavy (non-hydrogen) atoms. The highest BCUT2D eigenvalue weighted by atomic mass is 16.5. The first kappa shape index (κ1) is 17.0. The summed E-state index contributed by atoms with van der Waals surface area (Å²) in [6.45, 7) is 10.5. The van der Waals surface area contributed by atoms with Crippen LogP contribution in [0.1, 0.15) is 47.5 Å². The Kier molecular flexibility index (Phi) is 5.99. The van der Waals surface area contributed by atoms with Crippen molar-refractivity contribution in [3.05, 3.63) is 0 Å². The van der Waals surface area contributed by atoms with Gasteiger partial charge in [-0.3, -0.25) is 9.59 Å². The van der Waals surface area contributed by atoms with Crippen molar-refractivity contribution in [3.8, 4) is 0 Å². The molecule has 0 aromatic carbocycles. The fourth-order valence-corrected chi connectivity index (χ4v) is 2.42. The normalized spacial score (nSPS) is 23.2. The van der Waals surface area contributed by atoms with Gasteiger partial charge in [0.15, 0.2) is 0 Å². The fourth-order valence-electron chi connectivity index (χ4n) is 2.42. The number of hydrogen-bond acceptors (Lipinski definition) is 4. The molecule has 0 unspecified atom stereocenters. The lowest BCUT2D eigenvalue weighted by Crippen LogP contribution is -2.51. The smallest absolute Gasteiger partial charge is 0.325 e. The molecule has 0 saturated carbocycles. The number of amides is 1. The minimum atomic E-state index is -0.397. The minimum absolute atomic E-state index is 0.0158. The Labute approximate surface area is 121 Å². The molecular weight excluding hydrogens is 258 g/mol. The van der Waals surface area contributed by atoms with Crippen molar-refractivity contribution >= 4 is 11.9 Å². The summed E-state index contributed by atoms with van der Waals surface area (Å²) < 4.78 is 10.4. The van der Waals surface area contributed by atoms with E-state index in [4.69, 9.17) is 9.47 Å². The summed E-state index contributed by atoms with van der Waals surface area (Å²) in [6, 6.07) is 0. The first-order valence-corrected chi connectivity index (χ1v) is 7.34. The Bertz CT molecular complexity index is 348. The van der Waals surface area contributed by atoms with Crippen LogP contribution in [0.2, 0.25) is 0 Å². The van der Waals surface area contributed by atoms with Crippen LogP contribution in [-0.2, 0) is 19.1 Å². The molecule has 116 valence electrons. The predicted molar refractivity (Wildman–Crippen MR) is 76.2 cm³/mol. The van der Waals surface area contributed by atoms with Gasteiger partial charge in [-0.25, -0.2) is 0 Å². The quantitative estimate of drug-likeness (QED) is 0.741. The van der Waals surface area contributed by atoms with Gasteiger partial charge in [0.25, 0.3) is 0 Å². The van der Waals surface area contributed by atoms with E-state index in [2.05, 4.69) is 0 Å². The van der Waals surface area contributed by atoms with Crippen LogP contribution >= 0.6 is 0 Å². The van der Waals surface area contributed by atoms with Crippen molar-refractivity contribution in [3.63, 3.8) is 0 Å². The third-order valence-electron chi connectivity index (χ3n) is 3.50. The topological polar surface area (TPSA) is 55.8 Å². The molecule has 1 rings (SSSR count). The SMILES string of the molecule is CCOC(=O)CN(C(=O)[C@@H]1CCO[C@@H](C)C1)C(C)(C)C. The summed E-state index contributed by atoms with van der Waals surface area (Å²) >= 11 is 0. The summed E-state index contributed by atoms with van der Waals surface area (Å²) in [7, 11) is 0. The molecular formula is C15H27NO4. The maximum atomic E-state index is 12.7. The second-order valence-electron chi connectivity index (χ2n) is 6.30. The highest BCUT2D eigenvalue weighted by Crippen LogP contribution is 2.25. The molecule has 1 heterocycles. The summed E-state index contributed by atoms with van der Waals surface area (Å²) in [5, 5.41) is 0. The summed E-state index contributed by atoms with van der Waals surface area (Å²) in [6.07, 6.45) is 1.54. The van der Waals surface area contributed by atoms with Crippen LogP contribution in [0.15, 0.2) is 0 Å². The second kappa shape index (κ2) is 7.07. The first-order chi connectivity index (χ1) is 9.25. The van der Waals surface area contributed by atoms with Crippen LogP contribution in [0.3, 0.4) is 0 Å². The Hall–Kier alpha value is -1.10. The molecule has 1 amide bonds. The molecule has 0 spiro atoms. The number of ether oxygens (including phenoxy) is 2. The zero-order valence-corrected chi connectivity index (χ0v) is 13.3. The maximum absolute atomic E-state index is 12.7. The zero-order valence-electron chi connectivity index (χ0n) is 13.3. The van der Waals surface area contributed by atoms with Gasteiger partial charge < -0.3 is 14.4 Å². The molecule has 2 atom stereocenters. The van der Waals surface area contributed by atoms with E-state index in [9.17, 15) is 9.59 Å². The summed E-state index contributed by atoms with van der Waals surface area (Å²) in [5.74, 6) is -0.385. The van der Waals surface area contributed by atoms with E-state index < -0.39 is 5.54 Å². The molecule has 1 fully saturated rings. The lowest BCUT2D eigenvalue weighted by atomic mass is 9.92. The molecule has 5 heteroatoms. The predicted octanol–water partition coefficient (Wildman–Crippen LogP) is 1.99. The molecule has 1 saturated heterocycles. The average Bonchev–Trinajstić information content (AvgIpc) is 2.34. The first-order valence-electron chi connectivity index (χ1n) is 7.34. The number of carbonyl (C=O) groups is 2. The van der Waals surface area contributed by atoms with E-state index in [1.165, 1.54) is 0 Å². The zero-order chi connectivity index (χ0) is 15.3. The van der Waals surface area contributed by atoms with E-state index in [-0.39, 0.29) is 30.4 Å². The van der Waals surface area contributed by atoms with Crippen molar-refractivity contribution < 1.29 is 19.1 Å². The lowest BCUT2D eigenvalue weighted by Gasteiger charge is -2.39. The van der Waals surface area contributed by atoms with Gasteiger partial charge in [0, 0.05) is 18.1 Å². The van der Waals surface area contributed by atoms with Gasteiger partial charge in [-0.15, -0.1) is 0 Å². The Balaban J connectivity index is 2.77. The third-order valence-corrected chi connectivity index (χ3v) is 3.50. The van der Waals surface area contributed by atoms with Crippen LogP contribution in [-0.4, -0.2) is 48.2 Å². The van der Waals surface area contributed by atoms with Crippen LogP contribution in [0.5, 0.6) is 0 Å². The molecule has 0 radical (unpaired) electrons. The summed E-state index contributed by atoms with van der Waals surface area (Å²) in [4.78, 5) is 26.0. The molecule has 0 aromatic rings. The molecule has 0 aromatic heterocycles. The van der Waals surface area contributed by atoms with Crippen LogP contribution in [0, 0.1) is 5.92 Å². The standard InChI is InChI=1S/C15H27NO4/c1-6-19-13(17)10-16(15(3,4)5)14(18)12-7-8-20-11(2)9-12/h11-12H,6-10H2,1-5H3/t11-,12+/m0/s1. The van der Waals surface area contributed by atoms with E-state index in [0.717, 1.165) is 6.42 Å². The molecule has 1 aliphatic heterocycles. The van der Waals surface area contributed by atoms with Crippen molar-refractivity contribution in [2.24, 2.45) is 5.92 Å². The lowest BCUT2D eigenvalue weighted by molar-refractivity contribution is -0.156. The van der Waals surface area contributed by atoms with Gasteiger partial charge in [0.1, 0.15) is 6.54 Å². The average molecular weight is 285 g/mol. The van der Waals surface area contributed by atoms with Gasteiger partial charge in [0.05, 0.1) is 12.7 Å². The molecule has 0 N–H and O–H groups in total. The van der Waals surface area contributed by atoms with E-state index in [0.29, 0.717) is 19.6 Å². The van der Waals surface area contributed by atoms with Crippen molar-refractivity contribution in [1.29, 1.82) is 0 Å². The number of esters is 1. The number of hydrogen-bond donors (Lipinski definition) is 0. The van der Waals surface area contributed by atoms with E-state index in [1.54, 1.807) is 11.8 Å². The van der Waals surface area contributed by atoms with Crippen molar-refractivity contribution in [2.45, 2.75) is 59.1 Å². The van der Waals surface area contributed by atoms with Gasteiger partial charge in [0.2, 0.25) is 5.91 Å². The molecule has 0 bridgehead atoms. The van der Waals surface area contributed by atoms with Crippen molar-refractivity contribution in [1.82, 2.24) is 4.90 Å². The Morgan fingerprint density at radius 1 is 1.35 bits per heavy atom. The van der Waals surface area contributed by atoms with Gasteiger partial charge in [-0.1, -0.05) is 0 Å². The highest BCUT2D eigenvalue weighted by Gasteiger charge is 2.35. The summed E-state index contributed by atoms with van der Waals surface area (Å²) in [5.41, 5.74) is -0.397. The van der Waals surface area contributed by atoms with E-state index >= 15 is 0 Å². The van der Waals surface area contributed by atoms with Crippen molar-refractivity contribution in [2.75, 3.05) is 19.8 Å².